The second-order valence-corrected chi connectivity index (χ2v) is 3.01. The van der Waals surface area contributed by atoms with Crippen molar-refractivity contribution in [3.63, 3.8) is 0 Å². The highest BCUT2D eigenvalue weighted by Gasteiger charge is 2.42. The smallest absolute Gasteiger partial charge is 0.358 e. The zero-order chi connectivity index (χ0) is 13.1. The van der Waals surface area contributed by atoms with Crippen molar-refractivity contribution in [1.29, 1.82) is 0 Å². The maximum absolute atomic E-state index is 12.5. The highest BCUT2D eigenvalue weighted by molar-refractivity contribution is 5.88. The summed E-state index contributed by atoms with van der Waals surface area (Å²) in [7, 11) is 0. The second-order valence-electron chi connectivity index (χ2n) is 3.01. The molecule has 0 unspecified atom stereocenters. The van der Waals surface area contributed by atoms with Crippen LogP contribution in [-0.4, -0.2) is 35.0 Å². The number of nitrogens with zero attached hydrogens (tertiary/aromatic N) is 1. The van der Waals surface area contributed by atoms with Gasteiger partial charge in [-0.3, -0.25) is 0 Å². The van der Waals surface area contributed by atoms with Gasteiger partial charge in [0.05, 0.1) is 0 Å². The monoisotopic (exact) mass is 253 g/mol. The second kappa shape index (κ2) is 4.98. The minimum absolute atomic E-state index is 0.486. The Labute approximate surface area is 92.8 Å². The maximum atomic E-state index is 12.5. The first-order valence-electron chi connectivity index (χ1n) is 4.31. The predicted octanol–water partition coefficient (Wildman–Crippen LogP) is 2.06. The highest BCUT2D eigenvalue weighted by atomic mass is 19.3. The van der Waals surface area contributed by atoms with Crippen LogP contribution in [0.25, 0.3) is 0 Å². The number of rotatable bonds is 5. The van der Waals surface area contributed by atoms with E-state index >= 15 is 0 Å². The molecule has 1 heterocycles. The lowest BCUT2D eigenvalue weighted by atomic mass is 10.3. The van der Waals surface area contributed by atoms with Crippen molar-refractivity contribution in [1.82, 2.24) is 4.98 Å². The van der Waals surface area contributed by atoms with Crippen LogP contribution in [0.3, 0.4) is 0 Å². The number of ether oxygens (including phenoxy) is 1. The summed E-state index contributed by atoms with van der Waals surface area (Å²) in [6.07, 6.45) is -2.77. The minimum Gasteiger partial charge on any atom is -0.485 e. The van der Waals surface area contributed by atoms with E-state index in [0.29, 0.717) is 0 Å². The minimum atomic E-state index is -4.34. The number of alkyl halides is 4. The van der Waals surface area contributed by atoms with Crippen molar-refractivity contribution in [2.24, 2.45) is 0 Å². The Morgan fingerprint density at radius 1 is 1.53 bits per heavy atom. The zero-order valence-electron chi connectivity index (χ0n) is 8.24. The molecule has 0 amide bonds. The molecule has 17 heavy (non-hydrogen) atoms. The average molecular weight is 253 g/mol. The average Bonchev–Trinajstić information content (AvgIpc) is 2.26. The van der Waals surface area contributed by atoms with Crippen LogP contribution in [0.1, 0.15) is 10.5 Å². The predicted molar refractivity (Wildman–Crippen MR) is 47.6 cm³/mol. The Balaban J connectivity index is 2.79. The van der Waals surface area contributed by atoms with Gasteiger partial charge >= 0.3 is 18.3 Å². The molecule has 1 N–H and O–H groups in total. The summed E-state index contributed by atoms with van der Waals surface area (Å²) in [5.74, 6) is -6.33. The number of carboxylic acids is 1. The third-order valence-corrected chi connectivity index (χ3v) is 1.71. The van der Waals surface area contributed by atoms with Gasteiger partial charge in [-0.15, -0.1) is 0 Å². The number of hydrogen-bond acceptors (Lipinski definition) is 3. The first kappa shape index (κ1) is 13.2. The summed E-state index contributed by atoms with van der Waals surface area (Å²) < 4.78 is 53.0. The Morgan fingerprint density at radius 2 is 2.18 bits per heavy atom. The van der Waals surface area contributed by atoms with Gasteiger partial charge in [-0.05, 0) is 12.1 Å². The van der Waals surface area contributed by atoms with E-state index in [1.54, 1.807) is 0 Å². The van der Waals surface area contributed by atoms with E-state index in [2.05, 4.69) is 9.72 Å². The number of aromatic nitrogens is 1. The number of carbonyl (C=O) groups is 1. The van der Waals surface area contributed by atoms with E-state index in [4.69, 9.17) is 5.11 Å². The first-order valence-corrected chi connectivity index (χ1v) is 4.31. The molecule has 0 fully saturated rings. The normalized spacial score (nSPS) is 11.6. The van der Waals surface area contributed by atoms with Crippen LogP contribution in [0, 0.1) is 0 Å². The number of hydrogen-bond donors (Lipinski definition) is 1. The van der Waals surface area contributed by atoms with E-state index in [0.717, 1.165) is 12.3 Å². The van der Waals surface area contributed by atoms with Crippen molar-refractivity contribution < 1.29 is 32.2 Å². The van der Waals surface area contributed by atoms with Gasteiger partial charge in [-0.25, -0.2) is 18.6 Å². The standard InChI is InChI=1S/C9H7F4NO3/c10-8(11)9(12,13)4-17-5-2-1-3-14-6(5)7(15)16/h1-3,8H,4H2,(H,15,16). The molecule has 94 valence electrons. The van der Waals surface area contributed by atoms with E-state index in [9.17, 15) is 22.4 Å². The number of halogens is 4. The number of carboxylic acid groups (broad SMARTS) is 1. The van der Waals surface area contributed by atoms with Gasteiger partial charge < -0.3 is 9.84 Å². The molecule has 0 radical (unpaired) electrons. The van der Waals surface area contributed by atoms with Gasteiger partial charge in [0.15, 0.2) is 18.1 Å². The Kier molecular flexibility index (Phi) is 3.87. The molecule has 0 atom stereocenters. The molecule has 1 rings (SSSR count). The Bertz CT molecular complexity index is 411. The van der Waals surface area contributed by atoms with E-state index < -0.39 is 36.4 Å². The van der Waals surface area contributed by atoms with E-state index in [1.165, 1.54) is 6.07 Å². The summed E-state index contributed by atoms with van der Waals surface area (Å²) in [5, 5.41) is 8.63. The van der Waals surface area contributed by atoms with Crippen LogP contribution in [0.4, 0.5) is 17.6 Å². The number of aromatic carboxylic acids is 1. The van der Waals surface area contributed by atoms with Crippen LogP contribution in [0.2, 0.25) is 0 Å². The molecular formula is C9H7F4NO3. The molecule has 1 aromatic rings. The summed E-state index contributed by atoms with van der Waals surface area (Å²) in [5.41, 5.74) is -0.613. The first-order chi connectivity index (χ1) is 7.84. The summed E-state index contributed by atoms with van der Waals surface area (Å²) in [6, 6.07) is 2.29. The summed E-state index contributed by atoms with van der Waals surface area (Å²) in [6.45, 7) is -1.61. The van der Waals surface area contributed by atoms with E-state index in [-0.39, 0.29) is 0 Å². The lowest BCUT2D eigenvalue weighted by Crippen LogP contribution is -2.34. The Hall–Kier alpha value is -1.86. The molecular weight excluding hydrogens is 246 g/mol. The fourth-order valence-corrected chi connectivity index (χ4v) is 0.905. The Morgan fingerprint density at radius 3 is 2.71 bits per heavy atom. The third kappa shape index (κ3) is 3.30. The van der Waals surface area contributed by atoms with Crippen molar-refractivity contribution >= 4 is 5.97 Å². The zero-order valence-corrected chi connectivity index (χ0v) is 8.24. The summed E-state index contributed by atoms with van der Waals surface area (Å²) >= 11 is 0. The van der Waals surface area contributed by atoms with Crippen molar-refractivity contribution in [2.45, 2.75) is 12.3 Å². The van der Waals surface area contributed by atoms with Crippen LogP contribution in [0.15, 0.2) is 18.3 Å². The lowest BCUT2D eigenvalue weighted by Gasteiger charge is -2.16. The molecule has 8 heteroatoms. The van der Waals surface area contributed by atoms with Crippen LogP contribution in [0.5, 0.6) is 5.75 Å². The third-order valence-electron chi connectivity index (χ3n) is 1.71. The fraction of sp³-hybridized carbons (Fsp3) is 0.333. The molecule has 0 bridgehead atoms. The molecule has 0 aromatic carbocycles. The molecule has 0 spiro atoms. The summed E-state index contributed by atoms with van der Waals surface area (Å²) in [4.78, 5) is 14.0. The topological polar surface area (TPSA) is 59.4 Å². The van der Waals surface area contributed by atoms with Crippen LogP contribution in [-0.2, 0) is 0 Å². The van der Waals surface area contributed by atoms with Crippen LogP contribution < -0.4 is 4.74 Å². The SMILES string of the molecule is O=C(O)c1ncccc1OCC(F)(F)C(F)F. The number of pyridine rings is 1. The van der Waals surface area contributed by atoms with Gasteiger partial charge in [0, 0.05) is 6.20 Å². The van der Waals surface area contributed by atoms with Gasteiger partial charge in [0.25, 0.3) is 0 Å². The molecule has 0 aliphatic heterocycles. The van der Waals surface area contributed by atoms with Gasteiger partial charge in [0.1, 0.15) is 0 Å². The molecule has 4 nitrogen and oxygen atoms in total. The van der Waals surface area contributed by atoms with Gasteiger partial charge in [0.2, 0.25) is 0 Å². The molecule has 0 aliphatic rings. The lowest BCUT2D eigenvalue weighted by molar-refractivity contribution is -0.148. The maximum Gasteiger partial charge on any atom is 0.358 e. The van der Waals surface area contributed by atoms with E-state index in [1.807, 2.05) is 0 Å². The molecule has 0 saturated heterocycles. The van der Waals surface area contributed by atoms with Gasteiger partial charge in [-0.1, -0.05) is 0 Å². The van der Waals surface area contributed by atoms with Crippen molar-refractivity contribution in [3.8, 4) is 5.75 Å². The molecule has 0 aliphatic carbocycles. The molecule has 1 aromatic heterocycles. The molecule has 0 saturated carbocycles. The van der Waals surface area contributed by atoms with Crippen molar-refractivity contribution in [3.05, 3.63) is 24.0 Å². The van der Waals surface area contributed by atoms with Crippen molar-refractivity contribution in [2.75, 3.05) is 6.61 Å². The largest absolute Gasteiger partial charge is 0.485 e. The fourth-order valence-electron chi connectivity index (χ4n) is 0.905. The highest BCUT2D eigenvalue weighted by Crippen LogP contribution is 2.25. The van der Waals surface area contributed by atoms with Crippen LogP contribution >= 0.6 is 0 Å². The van der Waals surface area contributed by atoms with Gasteiger partial charge in [-0.2, -0.15) is 8.78 Å². The quantitative estimate of drug-likeness (QED) is 0.816.